The van der Waals surface area contributed by atoms with Gasteiger partial charge in [-0.2, -0.15) is 0 Å². The number of rotatable bonds is 5. The van der Waals surface area contributed by atoms with Crippen LogP contribution in [0.15, 0.2) is 18.2 Å². The normalized spacial score (nSPS) is 16.4. The number of aliphatic hydroxyl groups is 1. The maximum absolute atomic E-state index is 13.7. The van der Waals surface area contributed by atoms with E-state index in [2.05, 4.69) is 5.32 Å². The van der Waals surface area contributed by atoms with Crippen molar-refractivity contribution in [2.24, 2.45) is 0 Å². The Bertz CT molecular complexity index is 458. The van der Waals surface area contributed by atoms with Crippen LogP contribution in [0.2, 0.25) is 0 Å². The van der Waals surface area contributed by atoms with Crippen molar-refractivity contribution in [2.75, 3.05) is 6.61 Å². The molecule has 0 saturated heterocycles. The minimum atomic E-state index is -0.676. The summed E-state index contributed by atoms with van der Waals surface area (Å²) in [7, 11) is 0. The molecule has 1 aromatic rings. The zero-order valence-corrected chi connectivity index (χ0v) is 9.88. The summed E-state index contributed by atoms with van der Waals surface area (Å²) >= 11 is 0. The first-order valence-electron chi connectivity index (χ1n) is 5.95. The third-order valence-electron chi connectivity index (χ3n) is 3.14. The summed E-state index contributed by atoms with van der Waals surface area (Å²) in [6.07, 6.45) is 1.90. The molecule has 0 radical (unpaired) electrons. The van der Waals surface area contributed by atoms with E-state index in [1.54, 1.807) is 0 Å². The molecule has 0 unspecified atom stereocenters. The van der Waals surface area contributed by atoms with Crippen molar-refractivity contribution >= 4 is 5.91 Å². The smallest absolute Gasteiger partial charge is 0.220 e. The molecule has 0 aromatic heterocycles. The molecule has 1 aliphatic rings. The molecule has 1 aromatic carbocycles. The van der Waals surface area contributed by atoms with Gasteiger partial charge in [-0.25, -0.2) is 8.78 Å². The van der Waals surface area contributed by atoms with Gasteiger partial charge in [0.15, 0.2) is 0 Å². The van der Waals surface area contributed by atoms with Crippen LogP contribution >= 0.6 is 0 Å². The van der Waals surface area contributed by atoms with Crippen molar-refractivity contribution in [3.05, 3.63) is 35.4 Å². The molecular weight excluding hydrogens is 240 g/mol. The van der Waals surface area contributed by atoms with Gasteiger partial charge >= 0.3 is 0 Å². The maximum atomic E-state index is 13.7. The number of carbonyl (C=O) groups is 1. The second-order valence-corrected chi connectivity index (χ2v) is 4.58. The van der Waals surface area contributed by atoms with E-state index in [1.807, 2.05) is 0 Å². The lowest BCUT2D eigenvalue weighted by atomic mass is 10.0. The molecule has 3 nitrogen and oxygen atoms in total. The highest BCUT2D eigenvalue weighted by Gasteiger charge is 2.47. The van der Waals surface area contributed by atoms with Crippen molar-refractivity contribution in [2.45, 2.75) is 31.2 Å². The van der Waals surface area contributed by atoms with Crippen LogP contribution in [-0.2, 0) is 10.3 Å². The third-order valence-corrected chi connectivity index (χ3v) is 3.14. The van der Waals surface area contributed by atoms with Crippen LogP contribution in [0, 0.1) is 11.6 Å². The Labute approximate surface area is 104 Å². The van der Waals surface area contributed by atoms with Gasteiger partial charge in [0.2, 0.25) is 5.91 Å². The zero-order chi connectivity index (χ0) is 13.2. The van der Waals surface area contributed by atoms with Crippen LogP contribution in [0.25, 0.3) is 0 Å². The van der Waals surface area contributed by atoms with Crippen molar-refractivity contribution in [1.82, 2.24) is 5.32 Å². The lowest BCUT2D eigenvalue weighted by molar-refractivity contribution is -0.122. The molecule has 0 aliphatic heterocycles. The summed E-state index contributed by atoms with van der Waals surface area (Å²) < 4.78 is 26.5. The first kappa shape index (κ1) is 13.0. The Hall–Kier alpha value is -1.49. The fourth-order valence-corrected chi connectivity index (χ4v) is 2.03. The quantitative estimate of drug-likeness (QED) is 0.843. The number of nitrogens with one attached hydrogen (secondary N) is 1. The summed E-state index contributed by atoms with van der Waals surface area (Å²) in [5, 5.41) is 11.4. The van der Waals surface area contributed by atoms with E-state index >= 15 is 0 Å². The van der Waals surface area contributed by atoms with Gasteiger partial charge in [0.05, 0.1) is 5.54 Å². The lowest BCUT2D eigenvalue weighted by Crippen LogP contribution is -2.35. The molecule has 0 spiro atoms. The maximum Gasteiger partial charge on any atom is 0.220 e. The molecule has 1 saturated carbocycles. The Morgan fingerprint density at radius 1 is 1.39 bits per heavy atom. The molecule has 0 bridgehead atoms. The molecular formula is C13H15F2NO2. The first-order valence-corrected chi connectivity index (χ1v) is 5.95. The van der Waals surface area contributed by atoms with E-state index in [4.69, 9.17) is 5.11 Å². The van der Waals surface area contributed by atoms with Gasteiger partial charge in [-0.15, -0.1) is 0 Å². The number of hydrogen-bond donors (Lipinski definition) is 2. The summed E-state index contributed by atoms with van der Waals surface area (Å²) in [5.41, 5.74) is -0.342. The van der Waals surface area contributed by atoms with E-state index in [9.17, 15) is 13.6 Å². The molecule has 2 rings (SSSR count). The second kappa shape index (κ2) is 5.02. The predicted octanol–water partition coefficient (Wildman–Crippen LogP) is 1.84. The summed E-state index contributed by atoms with van der Waals surface area (Å²) in [6.45, 7) is -0.0503. The Balaban J connectivity index is 2.09. The summed E-state index contributed by atoms with van der Waals surface area (Å²) in [4.78, 5) is 11.6. The van der Waals surface area contributed by atoms with E-state index in [0.29, 0.717) is 24.8 Å². The third kappa shape index (κ3) is 2.67. The van der Waals surface area contributed by atoms with Crippen LogP contribution in [0.5, 0.6) is 0 Å². The standard InChI is InChI=1S/C13H15F2NO2/c14-9-3-4-10(11(15)8-9)13(5-6-13)16-12(18)2-1-7-17/h3-4,8,17H,1-2,5-7H2,(H,16,18). The van der Waals surface area contributed by atoms with Crippen molar-refractivity contribution in [1.29, 1.82) is 0 Å². The van der Waals surface area contributed by atoms with E-state index < -0.39 is 17.2 Å². The van der Waals surface area contributed by atoms with Crippen LogP contribution in [0.1, 0.15) is 31.2 Å². The van der Waals surface area contributed by atoms with E-state index in [0.717, 1.165) is 6.07 Å². The molecule has 0 atom stereocenters. The molecule has 5 heteroatoms. The van der Waals surface area contributed by atoms with Crippen LogP contribution < -0.4 is 5.32 Å². The minimum Gasteiger partial charge on any atom is -0.396 e. The van der Waals surface area contributed by atoms with Crippen molar-refractivity contribution in [3.8, 4) is 0 Å². The molecule has 0 heterocycles. The number of halogens is 2. The van der Waals surface area contributed by atoms with Crippen molar-refractivity contribution in [3.63, 3.8) is 0 Å². The average molecular weight is 255 g/mol. The summed E-state index contributed by atoms with van der Waals surface area (Å²) in [6, 6.07) is 3.40. The average Bonchev–Trinajstić information content (AvgIpc) is 3.06. The Morgan fingerprint density at radius 2 is 2.11 bits per heavy atom. The van der Waals surface area contributed by atoms with Gasteiger partial charge in [0.1, 0.15) is 11.6 Å². The fraction of sp³-hybridized carbons (Fsp3) is 0.462. The Morgan fingerprint density at radius 3 is 2.67 bits per heavy atom. The van der Waals surface area contributed by atoms with Gasteiger partial charge in [0.25, 0.3) is 0 Å². The zero-order valence-electron chi connectivity index (χ0n) is 9.88. The number of carbonyl (C=O) groups excluding carboxylic acids is 1. The monoisotopic (exact) mass is 255 g/mol. The first-order chi connectivity index (χ1) is 8.57. The Kier molecular flexibility index (Phi) is 3.61. The van der Waals surface area contributed by atoms with Gasteiger partial charge in [-0.1, -0.05) is 6.07 Å². The number of amides is 1. The van der Waals surface area contributed by atoms with Gasteiger partial charge in [-0.3, -0.25) is 4.79 Å². The van der Waals surface area contributed by atoms with Crippen LogP contribution in [0.4, 0.5) is 8.78 Å². The summed E-state index contributed by atoms with van der Waals surface area (Å²) in [5.74, 6) is -1.47. The number of aliphatic hydroxyl groups excluding tert-OH is 1. The van der Waals surface area contributed by atoms with Gasteiger partial charge in [0, 0.05) is 24.7 Å². The van der Waals surface area contributed by atoms with Gasteiger partial charge < -0.3 is 10.4 Å². The predicted molar refractivity (Wildman–Crippen MR) is 61.7 cm³/mol. The van der Waals surface area contributed by atoms with Crippen molar-refractivity contribution < 1.29 is 18.7 Å². The minimum absolute atomic E-state index is 0.0503. The number of benzene rings is 1. The molecule has 2 N–H and O–H groups in total. The van der Waals surface area contributed by atoms with E-state index in [-0.39, 0.29) is 18.9 Å². The lowest BCUT2D eigenvalue weighted by Gasteiger charge is -2.18. The molecule has 18 heavy (non-hydrogen) atoms. The highest BCUT2D eigenvalue weighted by Crippen LogP contribution is 2.46. The SMILES string of the molecule is O=C(CCCO)NC1(c2ccc(F)cc2F)CC1. The molecule has 98 valence electrons. The highest BCUT2D eigenvalue weighted by atomic mass is 19.1. The highest BCUT2D eigenvalue weighted by molar-refractivity contribution is 5.77. The fourth-order valence-electron chi connectivity index (χ4n) is 2.03. The molecule has 1 amide bonds. The van der Waals surface area contributed by atoms with Crippen LogP contribution in [-0.4, -0.2) is 17.6 Å². The molecule has 1 aliphatic carbocycles. The molecule has 1 fully saturated rings. The second-order valence-electron chi connectivity index (χ2n) is 4.58. The number of hydrogen-bond acceptors (Lipinski definition) is 2. The van der Waals surface area contributed by atoms with Gasteiger partial charge in [-0.05, 0) is 25.3 Å². The van der Waals surface area contributed by atoms with E-state index in [1.165, 1.54) is 12.1 Å². The van der Waals surface area contributed by atoms with Crippen LogP contribution in [0.3, 0.4) is 0 Å². The topological polar surface area (TPSA) is 49.3 Å². The largest absolute Gasteiger partial charge is 0.396 e.